The Kier molecular flexibility index (Phi) is 4.74. The second kappa shape index (κ2) is 7.09. The Hall–Kier alpha value is -1.86. The third-order valence-corrected chi connectivity index (χ3v) is 8.69. The minimum Gasteiger partial charge on any atom is -0.0852 e. The molecule has 1 heteroatoms. The molecule has 0 heterocycles. The van der Waals surface area contributed by atoms with Gasteiger partial charge in [0.1, 0.15) is 0 Å². The fourth-order valence-electron chi connectivity index (χ4n) is 7.19. The van der Waals surface area contributed by atoms with Crippen molar-refractivity contribution in [1.29, 1.82) is 0 Å². The molecule has 3 aromatic rings. The van der Waals surface area contributed by atoms with Gasteiger partial charge >= 0.3 is 0 Å². The molecule has 0 spiro atoms. The summed E-state index contributed by atoms with van der Waals surface area (Å²) in [7, 11) is 0. The smallest absolute Gasteiger partial charge is 0.0283 e. The molecular weight excluding hydrogens is 428 g/mol. The number of rotatable bonds is 3. The summed E-state index contributed by atoms with van der Waals surface area (Å²) in [4.78, 5) is 0. The zero-order chi connectivity index (χ0) is 20.9. The van der Waals surface area contributed by atoms with Crippen LogP contribution in [-0.4, -0.2) is 4.32 Å². The number of benzene rings is 3. The maximum absolute atomic E-state index is 4.36. The Morgan fingerprint density at radius 1 is 0.500 bits per heavy atom. The van der Waals surface area contributed by atoms with Crippen LogP contribution in [0, 0.1) is 0 Å². The first kappa shape index (κ1) is 20.1. The van der Waals surface area contributed by atoms with Gasteiger partial charge in [-0.1, -0.05) is 121 Å². The summed E-state index contributed by atoms with van der Waals surface area (Å²) in [5.41, 5.74) is 4.97. The summed E-state index contributed by atoms with van der Waals surface area (Å²) < 4.78 is 0.133. The van der Waals surface area contributed by atoms with E-state index in [2.05, 4.69) is 121 Å². The lowest BCUT2D eigenvalue weighted by atomic mass is 9.45. The summed E-state index contributed by atoms with van der Waals surface area (Å²) in [6.45, 7) is 5.00. The first-order valence-electron chi connectivity index (χ1n) is 11.2. The fraction of sp³-hybridized carbons (Fsp3) is 0.379. The quantitative estimate of drug-likeness (QED) is 0.349. The Morgan fingerprint density at radius 3 is 1.27 bits per heavy atom. The minimum atomic E-state index is 0.133. The van der Waals surface area contributed by atoms with Crippen molar-refractivity contribution in [3.8, 4) is 0 Å². The molecule has 2 saturated carbocycles. The molecule has 0 amide bonds. The zero-order valence-electron chi connectivity index (χ0n) is 18.1. The third kappa shape index (κ3) is 3.36. The molecule has 2 bridgehead atoms. The third-order valence-electron chi connectivity index (χ3n) is 7.85. The van der Waals surface area contributed by atoms with Crippen LogP contribution >= 0.6 is 15.9 Å². The van der Waals surface area contributed by atoms with Crippen molar-refractivity contribution in [1.82, 2.24) is 0 Å². The van der Waals surface area contributed by atoms with E-state index in [0.717, 1.165) is 0 Å². The van der Waals surface area contributed by atoms with Gasteiger partial charge in [-0.2, -0.15) is 0 Å². The van der Waals surface area contributed by atoms with Crippen LogP contribution in [0.5, 0.6) is 0 Å². The van der Waals surface area contributed by atoms with Crippen LogP contribution in [0.25, 0.3) is 0 Å². The molecule has 0 radical (unpaired) electrons. The molecule has 0 saturated heterocycles. The highest BCUT2D eigenvalue weighted by Gasteiger charge is 2.60. The first-order chi connectivity index (χ1) is 14.4. The summed E-state index contributed by atoms with van der Waals surface area (Å²) >= 11 is 4.36. The van der Waals surface area contributed by atoms with Crippen molar-refractivity contribution >= 4 is 15.9 Å². The molecule has 2 aliphatic carbocycles. The molecule has 0 aliphatic heterocycles. The molecule has 5 rings (SSSR count). The predicted octanol–water partition coefficient (Wildman–Crippen LogP) is 7.95. The summed E-state index contributed by atoms with van der Waals surface area (Å²) in [5.74, 6) is 0. The van der Waals surface area contributed by atoms with E-state index in [9.17, 15) is 0 Å². The van der Waals surface area contributed by atoms with E-state index in [1.165, 1.54) is 48.8 Å². The number of hydrogen-bond donors (Lipinski definition) is 0. The average molecular weight is 459 g/mol. The van der Waals surface area contributed by atoms with E-state index in [4.69, 9.17) is 0 Å². The van der Waals surface area contributed by atoms with Crippen LogP contribution in [0.2, 0.25) is 0 Å². The Bertz CT molecular complexity index is 947. The van der Waals surface area contributed by atoms with Gasteiger partial charge in [-0.15, -0.1) is 0 Å². The topological polar surface area (TPSA) is 0 Å². The van der Waals surface area contributed by atoms with Gasteiger partial charge in [0, 0.05) is 4.32 Å². The standard InChI is InChI=1S/C29H31Br/c1-26(23-12-6-3-7-13-23)18-28(25-16-10-5-11-17-25)19-27(2,21-29(30,20-26)22-28)24-14-8-4-9-15-24/h3-17H,18-22H2,1-2H3. The Morgan fingerprint density at radius 2 is 0.867 bits per heavy atom. The lowest BCUT2D eigenvalue weighted by Gasteiger charge is -2.62. The molecule has 3 aromatic carbocycles. The second-order valence-corrected chi connectivity index (χ2v) is 12.2. The van der Waals surface area contributed by atoms with Crippen LogP contribution in [0.3, 0.4) is 0 Å². The highest BCUT2D eigenvalue weighted by atomic mass is 79.9. The van der Waals surface area contributed by atoms with E-state index in [1.807, 2.05) is 0 Å². The normalized spacial score (nSPS) is 35.7. The molecular formula is C29H31Br. The Labute approximate surface area is 189 Å². The highest BCUT2D eigenvalue weighted by molar-refractivity contribution is 9.10. The van der Waals surface area contributed by atoms with E-state index in [1.54, 1.807) is 0 Å². The largest absolute Gasteiger partial charge is 0.0852 e. The van der Waals surface area contributed by atoms with Gasteiger partial charge in [0.05, 0.1) is 0 Å². The minimum absolute atomic E-state index is 0.133. The van der Waals surface area contributed by atoms with Crippen LogP contribution in [0.4, 0.5) is 0 Å². The van der Waals surface area contributed by atoms with Crippen molar-refractivity contribution in [2.24, 2.45) is 0 Å². The van der Waals surface area contributed by atoms with Gasteiger partial charge in [-0.05, 0) is 65.0 Å². The van der Waals surface area contributed by atoms with E-state index < -0.39 is 0 Å². The van der Waals surface area contributed by atoms with Gasteiger partial charge in [-0.3, -0.25) is 0 Å². The summed E-state index contributed by atoms with van der Waals surface area (Å²) in [6, 6.07) is 33.8. The van der Waals surface area contributed by atoms with Gasteiger partial charge < -0.3 is 0 Å². The maximum Gasteiger partial charge on any atom is 0.0283 e. The van der Waals surface area contributed by atoms with Gasteiger partial charge in [0.15, 0.2) is 0 Å². The lowest BCUT2D eigenvalue weighted by molar-refractivity contribution is 0.0648. The number of alkyl halides is 1. The zero-order valence-corrected chi connectivity index (χ0v) is 19.7. The van der Waals surface area contributed by atoms with Crippen molar-refractivity contribution in [3.05, 3.63) is 108 Å². The van der Waals surface area contributed by atoms with Crippen molar-refractivity contribution in [3.63, 3.8) is 0 Å². The van der Waals surface area contributed by atoms with Crippen LogP contribution in [-0.2, 0) is 16.2 Å². The van der Waals surface area contributed by atoms with Crippen molar-refractivity contribution in [2.45, 2.75) is 66.5 Å². The van der Waals surface area contributed by atoms with Gasteiger partial charge in [0.25, 0.3) is 0 Å². The van der Waals surface area contributed by atoms with Crippen molar-refractivity contribution in [2.75, 3.05) is 0 Å². The van der Waals surface area contributed by atoms with Gasteiger partial charge in [-0.25, -0.2) is 0 Å². The first-order valence-corrected chi connectivity index (χ1v) is 12.0. The molecule has 154 valence electrons. The molecule has 2 fully saturated rings. The van der Waals surface area contributed by atoms with E-state index >= 15 is 0 Å². The van der Waals surface area contributed by atoms with Crippen LogP contribution in [0.1, 0.15) is 62.6 Å². The molecule has 2 atom stereocenters. The monoisotopic (exact) mass is 458 g/mol. The van der Waals surface area contributed by atoms with E-state index in [-0.39, 0.29) is 20.6 Å². The van der Waals surface area contributed by atoms with Crippen LogP contribution in [0.15, 0.2) is 91.0 Å². The van der Waals surface area contributed by atoms with Gasteiger partial charge in [0.2, 0.25) is 0 Å². The summed E-state index contributed by atoms with van der Waals surface area (Å²) in [6.07, 6.45) is 5.98. The average Bonchev–Trinajstić information content (AvgIpc) is 2.74. The van der Waals surface area contributed by atoms with Crippen molar-refractivity contribution < 1.29 is 0 Å². The predicted molar refractivity (Wildman–Crippen MR) is 130 cm³/mol. The molecule has 0 aromatic heterocycles. The summed E-state index contributed by atoms with van der Waals surface area (Å²) in [5, 5.41) is 0. The fourth-order valence-corrected chi connectivity index (χ4v) is 8.96. The van der Waals surface area contributed by atoms with E-state index in [0.29, 0.717) is 0 Å². The highest BCUT2D eigenvalue weighted by Crippen LogP contribution is 2.65. The number of fused-ring (bicyclic) bond motifs is 2. The van der Waals surface area contributed by atoms with Crippen LogP contribution < -0.4 is 0 Å². The molecule has 2 unspecified atom stereocenters. The molecule has 0 N–H and O–H groups in total. The SMILES string of the molecule is CC1(c2ccccc2)CC2(Br)CC(C)(c3ccccc3)CC(c3ccccc3)(C2)C1. The number of halogens is 1. The Balaban J connectivity index is 1.66. The second-order valence-electron chi connectivity index (χ2n) is 10.5. The molecule has 30 heavy (non-hydrogen) atoms. The number of hydrogen-bond acceptors (Lipinski definition) is 0. The maximum atomic E-state index is 4.36. The molecule has 0 nitrogen and oxygen atoms in total. The molecule has 2 aliphatic rings. The lowest BCUT2D eigenvalue weighted by Crippen LogP contribution is -2.58.